The Morgan fingerprint density at radius 3 is 2.75 bits per heavy atom. The first-order chi connectivity index (χ1) is 5.74. The summed E-state index contributed by atoms with van der Waals surface area (Å²) in [6.07, 6.45) is 1.65. The standard InChI is InChI=1S/C8H6F2N2/c9-7-2-1-6(4-12-5-11)8(10)3-7/h1-3,12H,4H2. The second kappa shape index (κ2) is 3.67. The van der Waals surface area contributed by atoms with E-state index in [1.165, 1.54) is 6.07 Å². The summed E-state index contributed by atoms with van der Waals surface area (Å²) in [5.41, 5.74) is 0.276. The minimum atomic E-state index is -0.641. The normalized spacial score (nSPS) is 9.08. The molecule has 0 aliphatic rings. The zero-order valence-corrected chi connectivity index (χ0v) is 6.14. The molecule has 0 fully saturated rings. The molecule has 1 N–H and O–H groups in total. The van der Waals surface area contributed by atoms with Gasteiger partial charge in [0.05, 0.1) is 6.54 Å². The van der Waals surface area contributed by atoms with Crippen LogP contribution in [-0.4, -0.2) is 0 Å². The molecule has 0 aliphatic heterocycles. The Morgan fingerprint density at radius 2 is 2.17 bits per heavy atom. The van der Waals surface area contributed by atoms with Crippen LogP contribution in [0.1, 0.15) is 5.56 Å². The largest absolute Gasteiger partial charge is 0.319 e. The van der Waals surface area contributed by atoms with E-state index in [0.717, 1.165) is 12.1 Å². The summed E-state index contributed by atoms with van der Waals surface area (Å²) >= 11 is 0. The Labute approximate surface area is 68.4 Å². The Bertz CT molecular complexity index is 317. The average molecular weight is 168 g/mol. The van der Waals surface area contributed by atoms with Crippen molar-refractivity contribution in [2.45, 2.75) is 6.54 Å². The average Bonchev–Trinajstić information content (AvgIpc) is 2.03. The topological polar surface area (TPSA) is 35.8 Å². The van der Waals surface area contributed by atoms with Crippen molar-refractivity contribution in [1.29, 1.82) is 5.26 Å². The first-order valence-electron chi connectivity index (χ1n) is 3.30. The zero-order chi connectivity index (χ0) is 8.97. The van der Waals surface area contributed by atoms with Gasteiger partial charge in [-0.1, -0.05) is 6.07 Å². The first-order valence-corrected chi connectivity index (χ1v) is 3.30. The molecule has 0 bridgehead atoms. The van der Waals surface area contributed by atoms with Gasteiger partial charge in [-0.05, 0) is 6.07 Å². The Kier molecular flexibility index (Phi) is 2.59. The van der Waals surface area contributed by atoms with E-state index in [1.807, 2.05) is 0 Å². The number of benzene rings is 1. The van der Waals surface area contributed by atoms with Crippen LogP contribution in [0.3, 0.4) is 0 Å². The molecule has 2 nitrogen and oxygen atoms in total. The molecule has 0 saturated heterocycles. The van der Waals surface area contributed by atoms with Crippen LogP contribution in [0.4, 0.5) is 8.78 Å². The molecule has 62 valence electrons. The van der Waals surface area contributed by atoms with Gasteiger partial charge in [-0.3, -0.25) is 0 Å². The molecule has 0 unspecified atom stereocenters. The van der Waals surface area contributed by atoms with Crippen LogP contribution in [0.15, 0.2) is 18.2 Å². The number of halogens is 2. The second-order valence-electron chi connectivity index (χ2n) is 2.20. The Hall–Kier alpha value is -1.63. The van der Waals surface area contributed by atoms with Gasteiger partial charge in [-0.15, -0.1) is 0 Å². The van der Waals surface area contributed by atoms with Crippen LogP contribution < -0.4 is 5.32 Å². The van der Waals surface area contributed by atoms with Gasteiger partial charge < -0.3 is 5.32 Å². The molecule has 0 aromatic heterocycles. The maximum absolute atomic E-state index is 12.8. The van der Waals surface area contributed by atoms with Crippen molar-refractivity contribution >= 4 is 0 Å². The lowest BCUT2D eigenvalue weighted by atomic mass is 10.2. The smallest absolute Gasteiger partial charge is 0.176 e. The summed E-state index contributed by atoms with van der Waals surface area (Å²) < 4.78 is 25.1. The van der Waals surface area contributed by atoms with Crippen molar-refractivity contribution in [2.75, 3.05) is 0 Å². The van der Waals surface area contributed by atoms with E-state index in [9.17, 15) is 8.78 Å². The molecule has 1 aromatic carbocycles. The molecule has 0 spiro atoms. The van der Waals surface area contributed by atoms with Crippen molar-refractivity contribution < 1.29 is 8.78 Å². The lowest BCUT2D eigenvalue weighted by Crippen LogP contribution is -2.06. The maximum atomic E-state index is 12.8. The van der Waals surface area contributed by atoms with Crippen LogP contribution in [0, 0.1) is 23.1 Å². The third kappa shape index (κ3) is 1.92. The molecule has 1 aromatic rings. The van der Waals surface area contributed by atoms with Crippen LogP contribution >= 0.6 is 0 Å². The highest BCUT2D eigenvalue weighted by Crippen LogP contribution is 2.08. The summed E-state index contributed by atoms with van der Waals surface area (Å²) in [6.45, 7) is 0.0859. The summed E-state index contributed by atoms with van der Waals surface area (Å²) in [5, 5.41) is 10.4. The van der Waals surface area contributed by atoms with Crippen LogP contribution in [-0.2, 0) is 6.54 Å². The molecule has 0 heterocycles. The van der Waals surface area contributed by atoms with Gasteiger partial charge in [0.1, 0.15) is 11.6 Å². The van der Waals surface area contributed by atoms with E-state index < -0.39 is 11.6 Å². The van der Waals surface area contributed by atoms with E-state index >= 15 is 0 Å². The van der Waals surface area contributed by atoms with Gasteiger partial charge in [-0.25, -0.2) is 8.78 Å². The Balaban J connectivity index is 2.81. The number of nitrogens with zero attached hydrogens (tertiary/aromatic N) is 1. The molecule has 12 heavy (non-hydrogen) atoms. The molecule has 0 amide bonds. The minimum Gasteiger partial charge on any atom is -0.319 e. The SMILES string of the molecule is N#CNCc1ccc(F)cc1F. The molecule has 0 aliphatic carbocycles. The molecular formula is C8H6F2N2. The van der Waals surface area contributed by atoms with Gasteiger partial charge in [0.15, 0.2) is 6.19 Å². The van der Waals surface area contributed by atoms with E-state index in [1.54, 1.807) is 6.19 Å². The summed E-state index contributed by atoms with van der Waals surface area (Å²) in [4.78, 5) is 0. The summed E-state index contributed by atoms with van der Waals surface area (Å²) in [7, 11) is 0. The molecule has 0 atom stereocenters. The summed E-state index contributed by atoms with van der Waals surface area (Å²) in [5.74, 6) is -1.26. The maximum Gasteiger partial charge on any atom is 0.176 e. The van der Waals surface area contributed by atoms with E-state index in [4.69, 9.17) is 5.26 Å². The quantitative estimate of drug-likeness (QED) is 0.537. The third-order valence-electron chi connectivity index (χ3n) is 1.37. The zero-order valence-electron chi connectivity index (χ0n) is 6.14. The highest BCUT2D eigenvalue weighted by atomic mass is 19.1. The minimum absolute atomic E-state index is 0.0859. The fraction of sp³-hybridized carbons (Fsp3) is 0.125. The van der Waals surface area contributed by atoms with Crippen LogP contribution in [0.5, 0.6) is 0 Å². The van der Waals surface area contributed by atoms with Gasteiger partial charge in [-0.2, -0.15) is 5.26 Å². The summed E-state index contributed by atoms with van der Waals surface area (Å²) in [6, 6.07) is 3.24. The number of rotatable bonds is 2. The van der Waals surface area contributed by atoms with Crippen molar-refractivity contribution in [3.8, 4) is 6.19 Å². The fourth-order valence-electron chi connectivity index (χ4n) is 0.800. The number of hydrogen-bond donors (Lipinski definition) is 1. The van der Waals surface area contributed by atoms with Crippen molar-refractivity contribution in [1.82, 2.24) is 5.32 Å². The molecular weight excluding hydrogens is 162 g/mol. The highest BCUT2D eigenvalue weighted by Gasteiger charge is 2.01. The highest BCUT2D eigenvalue weighted by molar-refractivity contribution is 5.18. The molecule has 4 heteroatoms. The number of nitriles is 1. The monoisotopic (exact) mass is 168 g/mol. The van der Waals surface area contributed by atoms with Crippen LogP contribution in [0.25, 0.3) is 0 Å². The predicted octanol–water partition coefficient (Wildman–Crippen LogP) is 1.54. The van der Waals surface area contributed by atoms with Gasteiger partial charge in [0, 0.05) is 11.6 Å². The first kappa shape index (κ1) is 8.47. The van der Waals surface area contributed by atoms with Gasteiger partial charge in [0.2, 0.25) is 0 Å². The Morgan fingerprint density at radius 1 is 1.42 bits per heavy atom. The van der Waals surface area contributed by atoms with E-state index in [-0.39, 0.29) is 12.1 Å². The number of hydrogen-bond acceptors (Lipinski definition) is 2. The number of nitrogens with one attached hydrogen (secondary N) is 1. The molecule has 0 saturated carbocycles. The van der Waals surface area contributed by atoms with E-state index in [0.29, 0.717) is 0 Å². The lowest BCUT2D eigenvalue weighted by Gasteiger charge is -1.99. The predicted molar refractivity (Wildman–Crippen MR) is 38.8 cm³/mol. The lowest BCUT2D eigenvalue weighted by molar-refractivity contribution is 0.569. The van der Waals surface area contributed by atoms with Crippen molar-refractivity contribution in [3.05, 3.63) is 35.4 Å². The van der Waals surface area contributed by atoms with Gasteiger partial charge in [0.25, 0.3) is 0 Å². The molecule has 0 radical (unpaired) electrons. The molecule has 1 rings (SSSR count). The van der Waals surface area contributed by atoms with E-state index in [2.05, 4.69) is 5.32 Å². The third-order valence-corrected chi connectivity index (χ3v) is 1.37. The fourth-order valence-corrected chi connectivity index (χ4v) is 0.800. The van der Waals surface area contributed by atoms with Crippen LogP contribution in [0.2, 0.25) is 0 Å². The van der Waals surface area contributed by atoms with Gasteiger partial charge >= 0.3 is 0 Å². The second-order valence-corrected chi connectivity index (χ2v) is 2.20. The van der Waals surface area contributed by atoms with Crippen molar-refractivity contribution in [2.24, 2.45) is 0 Å². The van der Waals surface area contributed by atoms with Crippen molar-refractivity contribution in [3.63, 3.8) is 0 Å².